The van der Waals surface area contributed by atoms with E-state index in [2.05, 4.69) is 20.9 Å². The Labute approximate surface area is 303 Å². The summed E-state index contributed by atoms with van der Waals surface area (Å²) in [6.07, 6.45) is 11.5. The number of anilines is 1. The number of piperidine rings is 2. The molecule has 1 spiro atoms. The highest BCUT2D eigenvalue weighted by molar-refractivity contribution is 6.18. The van der Waals surface area contributed by atoms with Gasteiger partial charge in [0.25, 0.3) is 5.92 Å². The molecule has 1 atom stereocenters. The summed E-state index contributed by atoms with van der Waals surface area (Å²) in [6.45, 7) is 4.76. The molecule has 2 aliphatic heterocycles. The van der Waals surface area contributed by atoms with Crippen molar-refractivity contribution in [2.24, 2.45) is 17.9 Å². The highest BCUT2D eigenvalue weighted by Gasteiger charge is 2.70. The van der Waals surface area contributed by atoms with Gasteiger partial charge in [-0.3, -0.25) is 4.68 Å². The number of hydrogen-bond donors (Lipinski definition) is 2. The van der Waals surface area contributed by atoms with E-state index in [1.807, 2.05) is 4.90 Å². The maximum absolute atomic E-state index is 17.5. The predicted octanol–water partition coefficient (Wildman–Crippen LogP) is 6.93. The molecule has 53 heavy (non-hydrogen) atoms. The average Bonchev–Trinajstić information content (AvgIpc) is 3.94. The number of likely N-dealkylation sites (tertiary alicyclic amines) is 1. The van der Waals surface area contributed by atoms with Crippen molar-refractivity contribution in [2.75, 3.05) is 44.2 Å². The maximum Gasteiger partial charge on any atom is 0.319 e. The van der Waals surface area contributed by atoms with Crippen molar-refractivity contribution in [1.82, 2.24) is 24.6 Å². The van der Waals surface area contributed by atoms with Crippen LogP contribution in [0.2, 0.25) is 0 Å². The van der Waals surface area contributed by atoms with Crippen molar-refractivity contribution < 1.29 is 32.5 Å². The van der Waals surface area contributed by atoms with Crippen molar-refractivity contribution in [1.29, 1.82) is 0 Å². The molecule has 4 fully saturated rings. The summed E-state index contributed by atoms with van der Waals surface area (Å²) in [6, 6.07) is 5.45. The van der Waals surface area contributed by atoms with E-state index in [9.17, 15) is 19.0 Å². The predicted molar refractivity (Wildman–Crippen MR) is 193 cm³/mol. The van der Waals surface area contributed by atoms with Crippen molar-refractivity contribution in [3.05, 3.63) is 47.7 Å². The van der Waals surface area contributed by atoms with Gasteiger partial charge in [0, 0.05) is 66.5 Å². The number of phenolic OH excluding ortho intramolecular Hbond substituents is 1. The Morgan fingerprint density at radius 3 is 2.43 bits per heavy atom. The molecular weight excluding hydrogens is 688 g/mol. The first kappa shape index (κ1) is 34.1. The molecule has 3 aromatic carbocycles. The van der Waals surface area contributed by atoms with Gasteiger partial charge < -0.3 is 24.7 Å². The number of rotatable bonds is 7. The van der Waals surface area contributed by atoms with Crippen LogP contribution in [-0.2, 0) is 7.05 Å². The molecule has 2 saturated heterocycles. The molecule has 0 bridgehead atoms. The van der Waals surface area contributed by atoms with Crippen LogP contribution in [0.15, 0.2) is 30.5 Å². The molecule has 4 aliphatic rings. The van der Waals surface area contributed by atoms with Crippen LogP contribution in [0.4, 0.5) is 23.4 Å². The lowest BCUT2D eigenvalue weighted by Crippen LogP contribution is -2.46. The third-order valence-electron chi connectivity index (χ3n) is 12.1. The number of aromatic hydroxyl groups is 1. The molecule has 9 rings (SSSR count). The highest BCUT2D eigenvalue weighted by atomic mass is 19.3. The second kappa shape index (κ2) is 11.7. The summed E-state index contributed by atoms with van der Waals surface area (Å²) in [5.74, 6) is -1.35. The lowest BCUT2D eigenvalue weighted by atomic mass is 9.91. The Balaban J connectivity index is 1.16. The van der Waals surface area contributed by atoms with Crippen LogP contribution in [0.1, 0.15) is 57.4 Å². The summed E-state index contributed by atoms with van der Waals surface area (Å²) in [4.78, 5) is 13.7. The van der Waals surface area contributed by atoms with Gasteiger partial charge in [0.2, 0.25) is 0 Å². The Morgan fingerprint density at radius 2 is 1.75 bits per heavy atom. The molecular formula is C40H40F4N6O3. The minimum absolute atomic E-state index is 0.0105. The van der Waals surface area contributed by atoms with Crippen LogP contribution >= 0.6 is 0 Å². The van der Waals surface area contributed by atoms with Gasteiger partial charge in [0.05, 0.1) is 23.2 Å². The van der Waals surface area contributed by atoms with E-state index in [1.165, 1.54) is 24.3 Å². The van der Waals surface area contributed by atoms with Crippen molar-refractivity contribution in [2.45, 2.75) is 63.4 Å². The van der Waals surface area contributed by atoms with Crippen molar-refractivity contribution >= 4 is 38.4 Å². The number of aliphatic hydroxyl groups is 1. The number of aromatic nitrogens is 4. The fourth-order valence-electron chi connectivity index (χ4n) is 8.90. The van der Waals surface area contributed by atoms with Crippen LogP contribution in [-0.4, -0.2) is 85.7 Å². The van der Waals surface area contributed by atoms with E-state index in [0.29, 0.717) is 73.8 Å². The number of aryl methyl sites for hydroxylation is 1. The van der Waals surface area contributed by atoms with Gasteiger partial charge in [0.1, 0.15) is 28.4 Å². The van der Waals surface area contributed by atoms with Crippen molar-refractivity contribution in [3.63, 3.8) is 0 Å². The number of fused-ring (bicyclic) bond motifs is 4. The molecule has 5 aromatic rings. The number of nitrogens with zero attached hydrogens (tertiary/aromatic N) is 6. The number of phenols is 1. The molecule has 2 aromatic heterocycles. The van der Waals surface area contributed by atoms with Gasteiger partial charge in [-0.2, -0.15) is 15.1 Å². The van der Waals surface area contributed by atoms with Gasteiger partial charge >= 0.3 is 6.01 Å². The molecule has 2 aliphatic carbocycles. The third-order valence-corrected chi connectivity index (χ3v) is 12.1. The topological polar surface area (TPSA) is 99.8 Å². The average molecular weight is 729 g/mol. The fraction of sp³-hybridized carbons (Fsp3) is 0.475. The Hall–Kier alpha value is -4.67. The van der Waals surface area contributed by atoms with E-state index >= 15 is 8.78 Å². The van der Waals surface area contributed by atoms with Gasteiger partial charge in [-0.05, 0) is 87.7 Å². The molecule has 0 unspecified atom stereocenters. The minimum atomic E-state index is -2.54. The second-order valence-corrected chi connectivity index (χ2v) is 16.2. The summed E-state index contributed by atoms with van der Waals surface area (Å²) >= 11 is 0. The molecule has 9 nitrogen and oxygen atoms in total. The van der Waals surface area contributed by atoms with Crippen LogP contribution in [0.25, 0.3) is 43.7 Å². The van der Waals surface area contributed by atoms with E-state index in [4.69, 9.17) is 16.1 Å². The van der Waals surface area contributed by atoms with Crippen LogP contribution < -0.4 is 9.64 Å². The number of β-amino-alcohol motifs (C(OH)–C–C–N with tert-alkyl or cyclic N) is 1. The van der Waals surface area contributed by atoms with E-state index in [0.717, 1.165) is 12.8 Å². The molecule has 13 heteroatoms. The first-order valence-electron chi connectivity index (χ1n) is 18.2. The fourth-order valence-corrected chi connectivity index (χ4v) is 8.90. The SMILES string of the molecule is C#Cc1c(F)ccc2cc(O)cc(-c3c(F)c4nc(OCC5(CN6CCC7(CC6)CC7(F)F)CC5)nc(N5CCC[C@@](C)(O)C5)c4c4cn(C)nc34)c12. The van der Waals surface area contributed by atoms with Gasteiger partial charge in [-0.15, -0.1) is 6.42 Å². The normalized spacial score (nSPS) is 23.2. The van der Waals surface area contributed by atoms with Crippen molar-refractivity contribution in [3.8, 4) is 35.2 Å². The molecule has 276 valence electrons. The number of halogens is 4. The zero-order valence-electron chi connectivity index (χ0n) is 29.7. The first-order chi connectivity index (χ1) is 25.2. The lowest BCUT2D eigenvalue weighted by molar-refractivity contribution is 0.0252. The molecule has 0 amide bonds. The van der Waals surface area contributed by atoms with E-state index in [-0.39, 0.29) is 69.9 Å². The molecule has 2 N–H and O–H groups in total. The van der Waals surface area contributed by atoms with Gasteiger partial charge in [0.15, 0.2) is 5.82 Å². The quantitative estimate of drug-likeness (QED) is 0.138. The van der Waals surface area contributed by atoms with Gasteiger partial charge in [-0.1, -0.05) is 12.0 Å². The third kappa shape index (κ3) is 5.64. The maximum atomic E-state index is 17.5. The van der Waals surface area contributed by atoms with E-state index < -0.39 is 28.6 Å². The summed E-state index contributed by atoms with van der Waals surface area (Å²) < 4.78 is 68.6. The largest absolute Gasteiger partial charge is 0.508 e. The Bertz CT molecular complexity index is 2370. The van der Waals surface area contributed by atoms with Crippen LogP contribution in [0.5, 0.6) is 11.8 Å². The van der Waals surface area contributed by atoms with Crippen LogP contribution in [0, 0.1) is 34.8 Å². The van der Waals surface area contributed by atoms with Crippen LogP contribution in [0.3, 0.4) is 0 Å². The minimum Gasteiger partial charge on any atom is -0.508 e. The summed E-state index contributed by atoms with van der Waals surface area (Å²) in [5, 5.41) is 28.2. The smallest absolute Gasteiger partial charge is 0.319 e. The number of benzene rings is 3. The number of hydrogen-bond acceptors (Lipinski definition) is 8. The Kier molecular flexibility index (Phi) is 7.51. The zero-order chi connectivity index (χ0) is 37.1. The summed E-state index contributed by atoms with van der Waals surface area (Å²) in [7, 11) is 1.71. The highest BCUT2D eigenvalue weighted by Crippen LogP contribution is 2.66. The summed E-state index contributed by atoms with van der Waals surface area (Å²) in [5.41, 5.74) is -1.79. The Morgan fingerprint density at radius 1 is 1.00 bits per heavy atom. The second-order valence-electron chi connectivity index (χ2n) is 16.2. The molecule has 4 heterocycles. The monoisotopic (exact) mass is 728 g/mol. The molecule has 2 saturated carbocycles. The van der Waals surface area contributed by atoms with E-state index in [1.54, 1.807) is 24.9 Å². The standard InChI is InChI=1S/C40H40F4N6O3/c1-4-25-28(41)7-6-23-16-24(51)17-26(29(23)25)30-32(42)34-31(27-18-48(3)47-33(27)30)35(50-13-5-8-37(2,52)20-50)46-36(45-34)53-22-38(9-10-38)21-49-14-11-39(12-15-49)19-40(39,43)44/h1,6-7,16-18,51-52H,5,8-15,19-22H2,2-3H3/t37-/m1/s1. The lowest BCUT2D eigenvalue weighted by Gasteiger charge is -2.38. The number of ether oxygens (including phenoxy) is 1. The number of alkyl halides is 2. The first-order valence-corrected chi connectivity index (χ1v) is 18.2. The zero-order valence-corrected chi connectivity index (χ0v) is 29.7. The van der Waals surface area contributed by atoms with Gasteiger partial charge in [-0.25, -0.2) is 17.6 Å². The molecule has 0 radical (unpaired) electrons. The number of terminal acetylenes is 1.